The van der Waals surface area contributed by atoms with Gasteiger partial charge in [0.05, 0.1) is 24.7 Å². The monoisotopic (exact) mass is 587 g/mol. The lowest BCUT2D eigenvalue weighted by Crippen LogP contribution is -2.54. The zero-order valence-electron chi connectivity index (χ0n) is 25.8. The zero-order chi connectivity index (χ0) is 30.4. The first-order valence-corrected chi connectivity index (χ1v) is 15.5. The Bertz CT molecular complexity index is 1370. The fraction of sp³-hybridized carbons (Fsp3) is 0.500. The number of nitrogens with one attached hydrogen (secondary N) is 2. The molecular weight excluding hydrogens is 542 g/mol. The second-order valence-corrected chi connectivity index (χ2v) is 12.5. The van der Waals surface area contributed by atoms with Crippen LogP contribution in [0, 0.1) is 0 Å². The van der Waals surface area contributed by atoms with Crippen LogP contribution in [0.2, 0.25) is 0 Å². The number of hydrogen-bond acceptors (Lipinski definition) is 6. The lowest BCUT2D eigenvalue weighted by atomic mass is 9.87. The first-order valence-electron chi connectivity index (χ1n) is 15.5. The summed E-state index contributed by atoms with van der Waals surface area (Å²) in [5.74, 6) is 0.749. The van der Waals surface area contributed by atoms with Gasteiger partial charge >= 0.3 is 6.09 Å². The summed E-state index contributed by atoms with van der Waals surface area (Å²) in [4.78, 5) is 33.1. The molecule has 3 aromatic rings. The minimum absolute atomic E-state index is 0.0251. The topological polar surface area (TPSA) is 97.7 Å². The summed E-state index contributed by atoms with van der Waals surface area (Å²) in [5, 5.41) is 6.02. The van der Waals surface area contributed by atoms with Crippen LogP contribution in [-0.2, 0) is 10.2 Å². The van der Waals surface area contributed by atoms with Crippen molar-refractivity contribution in [3.63, 3.8) is 0 Å². The predicted octanol–water partition coefficient (Wildman–Crippen LogP) is 5.57. The number of carbonyl (C=O) groups is 2. The second kappa shape index (κ2) is 13.6. The van der Waals surface area contributed by atoms with E-state index in [1.54, 1.807) is 13.4 Å². The van der Waals surface area contributed by atoms with Gasteiger partial charge < -0.3 is 29.6 Å². The van der Waals surface area contributed by atoms with E-state index in [1.807, 2.05) is 47.4 Å². The molecule has 9 nitrogen and oxygen atoms in total. The maximum Gasteiger partial charge on any atom is 0.407 e. The SMILES string of the molecule is CNC(=O)OC1CCCCC1n1cnc(C(=O)N2CCNC[C@@H]2CCOc2ccc(C(C)(C)C)cc2)c1-c1ccccc1. The molecule has 0 bridgehead atoms. The van der Waals surface area contributed by atoms with Crippen LogP contribution in [0.15, 0.2) is 60.9 Å². The highest BCUT2D eigenvalue weighted by Gasteiger charge is 2.35. The van der Waals surface area contributed by atoms with E-state index < -0.39 is 6.09 Å². The number of ether oxygens (including phenoxy) is 2. The van der Waals surface area contributed by atoms with Crippen molar-refractivity contribution in [2.45, 2.75) is 76.5 Å². The van der Waals surface area contributed by atoms with E-state index in [9.17, 15) is 9.59 Å². The van der Waals surface area contributed by atoms with E-state index in [0.29, 0.717) is 31.8 Å². The summed E-state index contributed by atoms with van der Waals surface area (Å²) in [6.07, 6.45) is 5.35. The Labute approximate surface area is 255 Å². The molecule has 2 N–H and O–H groups in total. The Hall–Kier alpha value is -3.85. The number of piperazine rings is 1. The fourth-order valence-electron chi connectivity index (χ4n) is 6.17. The molecule has 2 unspecified atom stereocenters. The number of nitrogens with zero attached hydrogens (tertiary/aromatic N) is 3. The Morgan fingerprint density at radius 2 is 1.79 bits per heavy atom. The standard InChI is InChI=1S/C34H45N5O4/c1-34(2,3)25-14-16-27(17-15-25)42-21-18-26-22-36-19-20-38(26)32(40)30-31(24-10-6-5-7-11-24)39(23-37-30)28-12-8-9-13-29(28)43-33(41)35-4/h5-7,10-11,14-17,23,26,28-29,36H,8-9,12-13,18-22H2,1-4H3,(H,35,41)/t26-,28?,29?/m0/s1. The van der Waals surface area contributed by atoms with Crippen LogP contribution in [-0.4, -0.2) is 71.9 Å². The minimum Gasteiger partial charge on any atom is -0.494 e. The summed E-state index contributed by atoms with van der Waals surface area (Å²) in [6.45, 7) is 9.12. The summed E-state index contributed by atoms with van der Waals surface area (Å²) in [7, 11) is 1.57. The van der Waals surface area contributed by atoms with Crippen molar-refractivity contribution in [3.05, 3.63) is 72.2 Å². The highest BCUT2D eigenvalue weighted by Crippen LogP contribution is 2.36. The average Bonchev–Trinajstić information content (AvgIpc) is 3.46. The van der Waals surface area contributed by atoms with Gasteiger partial charge in [-0.1, -0.05) is 69.7 Å². The number of carbonyl (C=O) groups excluding carboxylic acids is 2. The summed E-state index contributed by atoms with van der Waals surface area (Å²) < 4.78 is 14.0. The van der Waals surface area contributed by atoms with Crippen LogP contribution in [0.3, 0.4) is 0 Å². The maximum absolute atomic E-state index is 14.3. The van der Waals surface area contributed by atoms with Crippen LogP contribution in [0.1, 0.15) is 75.0 Å². The molecule has 2 aromatic carbocycles. The summed E-state index contributed by atoms with van der Waals surface area (Å²) >= 11 is 0. The molecule has 1 aromatic heterocycles. The number of amides is 2. The highest BCUT2D eigenvalue weighted by molar-refractivity contribution is 5.98. The smallest absolute Gasteiger partial charge is 0.407 e. The van der Waals surface area contributed by atoms with Gasteiger partial charge in [0.2, 0.25) is 0 Å². The van der Waals surface area contributed by atoms with Gasteiger partial charge in [0.1, 0.15) is 11.9 Å². The van der Waals surface area contributed by atoms with Crippen LogP contribution in [0.5, 0.6) is 5.75 Å². The van der Waals surface area contributed by atoms with E-state index in [2.05, 4.69) is 48.1 Å². The molecule has 0 spiro atoms. The lowest BCUT2D eigenvalue weighted by molar-refractivity contribution is 0.0430. The van der Waals surface area contributed by atoms with Crippen LogP contribution < -0.4 is 15.4 Å². The van der Waals surface area contributed by atoms with Gasteiger partial charge in [-0.25, -0.2) is 9.78 Å². The van der Waals surface area contributed by atoms with Crippen molar-refractivity contribution in [3.8, 4) is 17.0 Å². The van der Waals surface area contributed by atoms with Crippen molar-refractivity contribution in [2.75, 3.05) is 33.3 Å². The van der Waals surface area contributed by atoms with Gasteiger partial charge in [-0.05, 0) is 42.4 Å². The van der Waals surface area contributed by atoms with Gasteiger partial charge in [0, 0.05) is 44.7 Å². The van der Waals surface area contributed by atoms with Gasteiger partial charge in [-0.2, -0.15) is 0 Å². The Morgan fingerprint density at radius 1 is 1.05 bits per heavy atom. The van der Waals surface area contributed by atoms with Crippen molar-refractivity contribution >= 4 is 12.0 Å². The Morgan fingerprint density at radius 3 is 2.51 bits per heavy atom. The van der Waals surface area contributed by atoms with E-state index in [4.69, 9.17) is 14.5 Å². The third-order valence-electron chi connectivity index (χ3n) is 8.58. The van der Waals surface area contributed by atoms with Crippen LogP contribution in [0.4, 0.5) is 4.79 Å². The number of aromatic nitrogens is 2. The molecule has 2 amide bonds. The quantitative estimate of drug-likeness (QED) is 0.358. The van der Waals surface area contributed by atoms with Gasteiger partial charge in [-0.3, -0.25) is 4.79 Å². The molecule has 43 heavy (non-hydrogen) atoms. The Kier molecular flexibility index (Phi) is 9.70. The van der Waals surface area contributed by atoms with Crippen molar-refractivity contribution in [2.24, 2.45) is 0 Å². The fourth-order valence-corrected chi connectivity index (χ4v) is 6.17. The molecule has 5 rings (SSSR count). The number of imidazole rings is 1. The lowest BCUT2D eigenvalue weighted by Gasteiger charge is -2.36. The summed E-state index contributed by atoms with van der Waals surface area (Å²) in [6, 6.07) is 18.1. The van der Waals surface area contributed by atoms with Crippen molar-refractivity contribution in [1.82, 2.24) is 25.1 Å². The molecule has 9 heteroatoms. The molecular formula is C34H45N5O4. The largest absolute Gasteiger partial charge is 0.494 e. The van der Waals surface area contributed by atoms with Crippen molar-refractivity contribution in [1.29, 1.82) is 0 Å². The molecule has 1 saturated heterocycles. The second-order valence-electron chi connectivity index (χ2n) is 12.5. The first kappa shape index (κ1) is 30.6. The third-order valence-corrected chi connectivity index (χ3v) is 8.58. The first-order chi connectivity index (χ1) is 20.8. The van der Waals surface area contributed by atoms with Crippen LogP contribution >= 0.6 is 0 Å². The number of hydrogen-bond donors (Lipinski definition) is 2. The molecule has 1 saturated carbocycles. The predicted molar refractivity (Wildman–Crippen MR) is 167 cm³/mol. The molecule has 2 heterocycles. The van der Waals surface area contributed by atoms with Gasteiger partial charge in [-0.15, -0.1) is 0 Å². The normalized spacial score (nSPS) is 20.8. The molecule has 0 radical (unpaired) electrons. The number of rotatable bonds is 8. The number of alkyl carbamates (subject to hydrolysis) is 1. The van der Waals surface area contributed by atoms with E-state index >= 15 is 0 Å². The van der Waals surface area contributed by atoms with E-state index in [1.165, 1.54) is 5.56 Å². The third kappa shape index (κ3) is 7.21. The molecule has 3 atom stereocenters. The van der Waals surface area contributed by atoms with Crippen molar-refractivity contribution < 1.29 is 19.1 Å². The maximum atomic E-state index is 14.3. The Balaban J connectivity index is 1.36. The van der Waals surface area contributed by atoms with E-state index in [0.717, 1.165) is 49.2 Å². The number of benzene rings is 2. The summed E-state index contributed by atoms with van der Waals surface area (Å²) in [5.41, 5.74) is 3.48. The molecule has 1 aliphatic carbocycles. The highest BCUT2D eigenvalue weighted by atomic mass is 16.6. The average molecular weight is 588 g/mol. The zero-order valence-corrected chi connectivity index (χ0v) is 25.8. The molecule has 230 valence electrons. The molecule has 1 aliphatic heterocycles. The van der Waals surface area contributed by atoms with Crippen LogP contribution in [0.25, 0.3) is 11.3 Å². The molecule has 2 fully saturated rings. The minimum atomic E-state index is -0.439. The molecule has 2 aliphatic rings. The van der Waals surface area contributed by atoms with Gasteiger partial charge in [0.25, 0.3) is 5.91 Å². The van der Waals surface area contributed by atoms with Gasteiger partial charge in [0.15, 0.2) is 5.69 Å². The van der Waals surface area contributed by atoms with E-state index in [-0.39, 0.29) is 29.5 Å².